The van der Waals surface area contributed by atoms with Crippen molar-refractivity contribution in [2.24, 2.45) is 0 Å². The van der Waals surface area contributed by atoms with E-state index in [1.165, 1.54) is 23.2 Å². The number of rotatable bonds is 6. The molecule has 29 heavy (non-hydrogen) atoms. The molecule has 0 unspecified atom stereocenters. The molecule has 0 saturated carbocycles. The Morgan fingerprint density at radius 1 is 1.07 bits per heavy atom. The minimum Gasteiger partial charge on any atom is -0.497 e. The Bertz CT molecular complexity index is 886. The highest BCUT2D eigenvalue weighted by Crippen LogP contribution is 2.36. The zero-order chi connectivity index (χ0) is 20.4. The lowest BCUT2D eigenvalue weighted by molar-refractivity contribution is -0.129. The monoisotopic (exact) mass is 390 g/mol. The fourth-order valence-corrected chi connectivity index (χ4v) is 4.55. The molecule has 0 spiro atoms. The van der Waals surface area contributed by atoms with Gasteiger partial charge in [-0.1, -0.05) is 48.0 Å². The Balaban J connectivity index is 1.59. The summed E-state index contributed by atoms with van der Waals surface area (Å²) in [5.74, 6) is 0.965. The maximum absolute atomic E-state index is 13.5. The Morgan fingerprint density at radius 3 is 2.45 bits per heavy atom. The lowest BCUT2D eigenvalue weighted by Gasteiger charge is -2.37. The molecular formula is C25H30N2O2. The molecule has 4 nitrogen and oxygen atoms in total. The summed E-state index contributed by atoms with van der Waals surface area (Å²) in [6.45, 7) is 2.71. The molecule has 2 aliphatic rings. The molecule has 0 radical (unpaired) electrons. The smallest absolute Gasteiger partial charge is 0.231 e. The second-order valence-electron chi connectivity index (χ2n) is 8.27. The van der Waals surface area contributed by atoms with Gasteiger partial charge in [0.15, 0.2) is 0 Å². The molecule has 2 heterocycles. The Hall–Kier alpha value is -2.59. The van der Waals surface area contributed by atoms with Crippen molar-refractivity contribution in [2.75, 3.05) is 14.2 Å². The van der Waals surface area contributed by atoms with Crippen LogP contribution in [0.5, 0.6) is 5.75 Å². The van der Waals surface area contributed by atoms with E-state index in [-0.39, 0.29) is 5.91 Å². The van der Waals surface area contributed by atoms with Gasteiger partial charge in [0.1, 0.15) is 5.75 Å². The molecular weight excluding hydrogens is 360 g/mol. The highest BCUT2D eigenvalue weighted by Gasteiger charge is 2.38. The van der Waals surface area contributed by atoms with E-state index < -0.39 is 0 Å². The summed E-state index contributed by atoms with van der Waals surface area (Å²) in [7, 11) is 3.86. The summed E-state index contributed by atoms with van der Waals surface area (Å²) < 4.78 is 5.24. The van der Waals surface area contributed by atoms with E-state index >= 15 is 0 Å². The van der Waals surface area contributed by atoms with Crippen LogP contribution in [0, 0.1) is 6.92 Å². The number of nitrogens with zero attached hydrogens (tertiary/aromatic N) is 2. The normalized spacial score (nSPS) is 21.0. The number of methoxy groups -OCH3 is 1. The quantitative estimate of drug-likeness (QED) is 0.736. The van der Waals surface area contributed by atoms with Crippen molar-refractivity contribution in [1.82, 2.24) is 9.80 Å². The summed E-state index contributed by atoms with van der Waals surface area (Å²) in [6, 6.07) is 17.3. The molecule has 4 rings (SSSR count). The molecule has 2 aromatic rings. The van der Waals surface area contributed by atoms with E-state index in [1.54, 1.807) is 7.11 Å². The van der Waals surface area contributed by atoms with Crippen LogP contribution in [-0.4, -0.2) is 41.9 Å². The molecule has 1 saturated heterocycles. The molecule has 1 fully saturated rings. The molecule has 2 bridgehead atoms. The van der Waals surface area contributed by atoms with Gasteiger partial charge in [0.2, 0.25) is 5.91 Å². The molecule has 1 amide bonds. The number of ether oxygens (including phenoxy) is 1. The van der Waals surface area contributed by atoms with Gasteiger partial charge in [0, 0.05) is 17.8 Å². The van der Waals surface area contributed by atoms with Crippen molar-refractivity contribution < 1.29 is 9.53 Å². The van der Waals surface area contributed by atoms with Crippen molar-refractivity contribution in [3.8, 4) is 5.75 Å². The summed E-state index contributed by atoms with van der Waals surface area (Å²) in [5.41, 5.74) is 4.60. The SMILES string of the molecule is COc1ccc(CC(=O)N(Cc2ccc(C)cc2)C2=CC[C@H]3CC[C@@H]2N3C)cc1. The number of carbonyl (C=O) groups excluding carboxylic acids is 1. The molecule has 0 aliphatic carbocycles. The fraction of sp³-hybridized carbons (Fsp3) is 0.400. The van der Waals surface area contributed by atoms with Crippen LogP contribution < -0.4 is 4.74 Å². The van der Waals surface area contributed by atoms with E-state index in [0.29, 0.717) is 25.0 Å². The number of likely N-dealkylation sites (N-methyl/N-ethyl adjacent to an activating group) is 1. The minimum absolute atomic E-state index is 0.153. The molecule has 0 N–H and O–H groups in total. The third kappa shape index (κ3) is 4.23. The predicted octanol–water partition coefficient (Wildman–Crippen LogP) is 4.33. The molecule has 0 aromatic heterocycles. The van der Waals surface area contributed by atoms with E-state index in [9.17, 15) is 4.79 Å². The van der Waals surface area contributed by atoms with Gasteiger partial charge in [-0.2, -0.15) is 0 Å². The van der Waals surface area contributed by atoms with Crippen molar-refractivity contribution >= 4 is 5.91 Å². The standard InChI is InChI=1S/C25H30N2O2/c1-18-4-6-20(7-5-18)17-27(24-15-11-21-10-14-23(24)26(21)2)25(28)16-19-8-12-22(29-3)13-9-19/h4-9,12-13,15,21,23H,10-11,14,16-17H2,1-3H3/t21-,23+/m1/s1. The van der Waals surface area contributed by atoms with Gasteiger partial charge >= 0.3 is 0 Å². The molecule has 152 valence electrons. The maximum Gasteiger partial charge on any atom is 0.231 e. The van der Waals surface area contributed by atoms with Gasteiger partial charge in [0.25, 0.3) is 0 Å². The lowest BCUT2D eigenvalue weighted by atomic mass is 10.0. The van der Waals surface area contributed by atoms with Gasteiger partial charge in [-0.05, 0) is 56.5 Å². The Kier molecular flexibility index (Phi) is 5.72. The average Bonchev–Trinajstić information content (AvgIpc) is 2.96. The number of amides is 1. The van der Waals surface area contributed by atoms with Crippen LogP contribution in [0.3, 0.4) is 0 Å². The summed E-state index contributed by atoms with van der Waals surface area (Å²) in [4.78, 5) is 17.9. The van der Waals surface area contributed by atoms with Crippen molar-refractivity contribution in [3.05, 3.63) is 77.0 Å². The molecule has 2 aliphatic heterocycles. The van der Waals surface area contributed by atoms with Crippen LogP contribution >= 0.6 is 0 Å². The summed E-state index contributed by atoms with van der Waals surface area (Å²) in [6.07, 6.45) is 6.08. The molecule has 2 aromatic carbocycles. The van der Waals surface area contributed by atoms with Gasteiger partial charge in [0.05, 0.1) is 20.1 Å². The molecule has 2 atom stereocenters. The van der Waals surface area contributed by atoms with E-state index in [0.717, 1.165) is 24.2 Å². The van der Waals surface area contributed by atoms with Gasteiger partial charge in [-0.3, -0.25) is 9.69 Å². The van der Waals surface area contributed by atoms with Crippen LogP contribution in [0.25, 0.3) is 0 Å². The second kappa shape index (κ2) is 8.42. The Morgan fingerprint density at radius 2 is 1.76 bits per heavy atom. The first-order valence-electron chi connectivity index (χ1n) is 10.5. The number of fused-ring (bicyclic) bond motifs is 2. The van der Waals surface area contributed by atoms with Gasteiger partial charge in [-0.15, -0.1) is 0 Å². The number of hydrogen-bond acceptors (Lipinski definition) is 3. The minimum atomic E-state index is 0.153. The topological polar surface area (TPSA) is 32.8 Å². The average molecular weight is 391 g/mol. The fourth-order valence-electron chi connectivity index (χ4n) is 4.55. The first-order chi connectivity index (χ1) is 14.0. The van der Waals surface area contributed by atoms with Crippen LogP contribution in [0.2, 0.25) is 0 Å². The molecule has 4 heteroatoms. The second-order valence-corrected chi connectivity index (χ2v) is 8.27. The number of hydrogen-bond donors (Lipinski definition) is 0. The third-order valence-corrected chi connectivity index (χ3v) is 6.37. The summed E-state index contributed by atoms with van der Waals surface area (Å²) in [5, 5.41) is 0. The lowest BCUT2D eigenvalue weighted by Crippen LogP contribution is -2.44. The van der Waals surface area contributed by atoms with Crippen LogP contribution in [0.4, 0.5) is 0 Å². The van der Waals surface area contributed by atoms with E-state index in [4.69, 9.17) is 4.74 Å². The highest BCUT2D eigenvalue weighted by molar-refractivity contribution is 5.81. The van der Waals surface area contributed by atoms with Crippen LogP contribution in [-0.2, 0) is 17.8 Å². The zero-order valence-electron chi connectivity index (χ0n) is 17.6. The van der Waals surface area contributed by atoms with Crippen LogP contribution in [0.1, 0.15) is 36.0 Å². The summed E-state index contributed by atoms with van der Waals surface area (Å²) >= 11 is 0. The van der Waals surface area contributed by atoms with E-state index in [2.05, 4.69) is 49.2 Å². The van der Waals surface area contributed by atoms with Crippen LogP contribution in [0.15, 0.2) is 60.3 Å². The van der Waals surface area contributed by atoms with Gasteiger partial charge in [-0.25, -0.2) is 0 Å². The third-order valence-electron chi connectivity index (χ3n) is 6.37. The first-order valence-corrected chi connectivity index (χ1v) is 10.5. The van der Waals surface area contributed by atoms with Crippen molar-refractivity contribution in [1.29, 1.82) is 0 Å². The number of carbonyl (C=O) groups is 1. The van der Waals surface area contributed by atoms with Crippen molar-refractivity contribution in [3.63, 3.8) is 0 Å². The number of aryl methyl sites for hydroxylation is 1. The van der Waals surface area contributed by atoms with Gasteiger partial charge < -0.3 is 9.64 Å². The largest absolute Gasteiger partial charge is 0.497 e. The van der Waals surface area contributed by atoms with E-state index in [1.807, 2.05) is 29.2 Å². The highest BCUT2D eigenvalue weighted by atomic mass is 16.5. The maximum atomic E-state index is 13.5. The predicted molar refractivity (Wildman–Crippen MR) is 116 cm³/mol. The number of benzene rings is 2. The zero-order valence-corrected chi connectivity index (χ0v) is 17.6. The Labute approximate surface area is 173 Å². The first kappa shape index (κ1) is 19.7. The van der Waals surface area contributed by atoms with Crippen molar-refractivity contribution in [2.45, 2.75) is 51.2 Å².